The van der Waals surface area contributed by atoms with Gasteiger partial charge in [0.2, 0.25) is 6.10 Å². The van der Waals surface area contributed by atoms with Gasteiger partial charge in [0.05, 0.1) is 5.02 Å². The molecule has 3 rings (SSSR count). The van der Waals surface area contributed by atoms with E-state index in [4.69, 9.17) is 16.3 Å². The Labute approximate surface area is 145 Å². The highest BCUT2D eigenvalue weighted by molar-refractivity contribution is 6.32. The molecule has 2 unspecified atom stereocenters. The molecule has 2 atom stereocenters. The van der Waals surface area contributed by atoms with E-state index >= 15 is 0 Å². The zero-order chi connectivity index (χ0) is 16.9. The number of hydrogen-bond acceptors (Lipinski definition) is 3. The van der Waals surface area contributed by atoms with Crippen molar-refractivity contribution >= 4 is 17.5 Å². The van der Waals surface area contributed by atoms with Crippen LogP contribution in [0.4, 0.5) is 4.39 Å². The minimum absolute atomic E-state index is 0.0796. The van der Waals surface area contributed by atoms with Crippen LogP contribution in [0.3, 0.4) is 0 Å². The van der Waals surface area contributed by atoms with Gasteiger partial charge in [0.1, 0.15) is 11.6 Å². The molecular weight excluding hydrogens is 331 g/mol. The molecule has 0 aromatic heterocycles. The maximum atomic E-state index is 13.2. The van der Waals surface area contributed by atoms with Crippen LogP contribution < -0.4 is 15.4 Å². The Morgan fingerprint density at radius 2 is 2.08 bits per heavy atom. The second-order valence-corrected chi connectivity index (χ2v) is 6.09. The lowest BCUT2D eigenvalue weighted by atomic mass is 10.1. The number of carbonyl (C=O) groups excluding carboxylic acids is 1. The molecule has 2 N–H and O–H groups in total. The highest BCUT2D eigenvalue weighted by Crippen LogP contribution is 2.30. The summed E-state index contributed by atoms with van der Waals surface area (Å²) in [5, 5.41) is 6.32. The molecular formula is C18H18ClFN2O2. The summed E-state index contributed by atoms with van der Waals surface area (Å²) in [6.45, 7) is 1.62. The first-order valence-electron chi connectivity index (χ1n) is 7.81. The molecule has 2 aromatic carbocycles. The normalized spacial score (nSPS) is 18.2. The van der Waals surface area contributed by atoms with Gasteiger partial charge in [-0.15, -0.1) is 0 Å². The fourth-order valence-corrected chi connectivity index (χ4v) is 2.87. The van der Waals surface area contributed by atoms with E-state index < -0.39 is 11.9 Å². The van der Waals surface area contributed by atoms with Crippen molar-refractivity contribution in [1.29, 1.82) is 0 Å². The first-order chi connectivity index (χ1) is 11.6. The monoisotopic (exact) mass is 348 g/mol. The molecule has 1 aliphatic heterocycles. The number of halogens is 2. The van der Waals surface area contributed by atoms with Gasteiger partial charge in [0.15, 0.2) is 0 Å². The topological polar surface area (TPSA) is 50.4 Å². The average molecular weight is 349 g/mol. The van der Waals surface area contributed by atoms with Crippen LogP contribution >= 0.6 is 11.6 Å². The minimum Gasteiger partial charge on any atom is -0.474 e. The zero-order valence-corrected chi connectivity index (χ0v) is 13.7. The van der Waals surface area contributed by atoms with Gasteiger partial charge in [-0.25, -0.2) is 4.39 Å². The van der Waals surface area contributed by atoms with Gasteiger partial charge in [-0.1, -0.05) is 41.9 Å². The van der Waals surface area contributed by atoms with Crippen molar-refractivity contribution in [3.63, 3.8) is 0 Å². The lowest BCUT2D eigenvalue weighted by molar-refractivity contribution is -0.128. The number of benzene rings is 2. The summed E-state index contributed by atoms with van der Waals surface area (Å²) in [6.07, 6.45) is 0.0274. The molecule has 0 radical (unpaired) electrons. The number of ether oxygens (including phenoxy) is 1. The highest BCUT2D eigenvalue weighted by atomic mass is 35.5. The van der Waals surface area contributed by atoms with Crippen LogP contribution in [0.25, 0.3) is 0 Å². The Morgan fingerprint density at radius 1 is 1.29 bits per heavy atom. The highest BCUT2D eigenvalue weighted by Gasteiger charge is 2.27. The first-order valence-corrected chi connectivity index (χ1v) is 8.19. The molecule has 0 aliphatic carbocycles. The smallest absolute Gasteiger partial charge is 0.266 e. The van der Waals surface area contributed by atoms with E-state index in [0.717, 1.165) is 25.6 Å². The number of nitrogens with one attached hydrogen (secondary N) is 2. The average Bonchev–Trinajstić information content (AvgIpc) is 3.08. The molecule has 6 heteroatoms. The van der Waals surface area contributed by atoms with Crippen molar-refractivity contribution in [2.75, 3.05) is 13.1 Å². The van der Waals surface area contributed by atoms with Crippen molar-refractivity contribution in [3.8, 4) is 5.75 Å². The third-order valence-electron chi connectivity index (χ3n) is 3.89. The lowest BCUT2D eigenvalue weighted by Crippen LogP contribution is -2.40. The number of amides is 1. The van der Waals surface area contributed by atoms with Gasteiger partial charge in [0, 0.05) is 18.2 Å². The van der Waals surface area contributed by atoms with Crippen molar-refractivity contribution in [3.05, 3.63) is 64.9 Å². The largest absolute Gasteiger partial charge is 0.474 e. The number of hydrogen-bond donors (Lipinski definition) is 2. The van der Waals surface area contributed by atoms with E-state index in [9.17, 15) is 9.18 Å². The Balaban J connectivity index is 1.82. The molecule has 1 aliphatic rings. The molecule has 0 spiro atoms. The van der Waals surface area contributed by atoms with E-state index in [2.05, 4.69) is 10.6 Å². The van der Waals surface area contributed by atoms with E-state index in [1.54, 1.807) is 0 Å². The molecule has 0 bridgehead atoms. The van der Waals surface area contributed by atoms with Crippen molar-refractivity contribution in [1.82, 2.24) is 10.6 Å². The van der Waals surface area contributed by atoms with Crippen molar-refractivity contribution in [2.45, 2.75) is 18.6 Å². The fourth-order valence-electron chi connectivity index (χ4n) is 2.65. The van der Waals surface area contributed by atoms with Gasteiger partial charge >= 0.3 is 0 Å². The van der Waals surface area contributed by atoms with Gasteiger partial charge in [-0.05, 0) is 31.2 Å². The second kappa shape index (κ2) is 7.64. The fraction of sp³-hybridized carbons (Fsp3) is 0.278. The number of rotatable bonds is 5. The molecule has 1 saturated heterocycles. The third-order valence-corrected chi connectivity index (χ3v) is 4.18. The van der Waals surface area contributed by atoms with Gasteiger partial charge < -0.3 is 15.4 Å². The molecule has 1 fully saturated rings. The quantitative estimate of drug-likeness (QED) is 0.873. The molecule has 126 valence electrons. The molecule has 1 amide bonds. The second-order valence-electron chi connectivity index (χ2n) is 5.68. The van der Waals surface area contributed by atoms with Crippen molar-refractivity contribution in [2.24, 2.45) is 0 Å². The van der Waals surface area contributed by atoms with Gasteiger partial charge in [-0.2, -0.15) is 0 Å². The van der Waals surface area contributed by atoms with E-state index in [1.165, 1.54) is 12.1 Å². The molecule has 1 heterocycles. The summed E-state index contributed by atoms with van der Waals surface area (Å²) in [5.74, 6) is -0.424. The summed E-state index contributed by atoms with van der Waals surface area (Å²) in [4.78, 5) is 12.7. The van der Waals surface area contributed by atoms with Crippen LogP contribution in [0.1, 0.15) is 18.1 Å². The Morgan fingerprint density at radius 3 is 2.75 bits per heavy atom. The summed E-state index contributed by atoms with van der Waals surface area (Å²) in [5.41, 5.74) is 0.710. The SMILES string of the molecule is O=C(NC1CCNC1)C(Oc1ccc(F)cc1Cl)c1ccccc1. The summed E-state index contributed by atoms with van der Waals surface area (Å²) >= 11 is 6.03. The van der Waals surface area contributed by atoms with E-state index in [-0.39, 0.29) is 22.7 Å². The molecule has 4 nitrogen and oxygen atoms in total. The predicted octanol–water partition coefficient (Wildman–Crippen LogP) is 3.08. The van der Waals surface area contributed by atoms with Crippen LogP contribution in [0.5, 0.6) is 5.75 Å². The van der Waals surface area contributed by atoms with Crippen LogP contribution in [0.2, 0.25) is 5.02 Å². The van der Waals surface area contributed by atoms with Crippen molar-refractivity contribution < 1.29 is 13.9 Å². The lowest BCUT2D eigenvalue weighted by Gasteiger charge is -2.22. The maximum absolute atomic E-state index is 13.2. The maximum Gasteiger partial charge on any atom is 0.266 e. The van der Waals surface area contributed by atoms with Crippen LogP contribution in [-0.2, 0) is 4.79 Å². The first kappa shape index (κ1) is 16.7. The van der Waals surface area contributed by atoms with Crippen LogP contribution in [-0.4, -0.2) is 25.0 Å². The number of carbonyl (C=O) groups is 1. The van der Waals surface area contributed by atoms with E-state index in [0.29, 0.717) is 5.56 Å². The Hall–Kier alpha value is -2.11. The summed E-state index contributed by atoms with van der Waals surface area (Å²) in [7, 11) is 0. The minimum atomic E-state index is -0.852. The summed E-state index contributed by atoms with van der Waals surface area (Å²) in [6, 6.07) is 13.1. The third kappa shape index (κ3) is 4.04. The zero-order valence-electron chi connectivity index (χ0n) is 13.0. The Bertz CT molecular complexity index is 705. The summed E-state index contributed by atoms with van der Waals surface area (Å²) < 4.78 is 19.0. The molecule has 0 saturated carbocycles. The van der Waals surface area contributed by atoms with Gasteiger partial charge in [-0.3, -0.25) is 4.79 Å². The standard InChI is InChI=1S/C18H18ClFN2O2/c19-15-10-13(20)6-7-16(15)24-17(12-4-2-1-3-5-12)18(23)22-14-8-9-21-11-14/h1-7,10,14,17,21H,8-9,11H2,(H,22,23). The molecule has 2 aromatic rings. The van der Waals surface area contributed by atoms with Crippen LogP contribution in [0.15, 0.2) is 48.5 Å². The molecule has 24 heavy (non-hydrogen) atoms. The Kier molecular flexibility index (Phi) is 5.33. The van der Waals surface area contributed by atoms with E-state index in [1.807, 2.05) is 30.3 Å². The van der Waals surface area contributed by atoms with Gasteiger partial charge in [0.25, 0.3) is 5.91 Å². The van der Waals surface area contributed by atoms with Crippen LogP contribution in [0, 0.1) is 5.82 Å². The predicted molar refractivity (Wildman–Crippen MR) is 90.6 cm³/mol.